The predicted molar refractivity (Wildman–Crippen MR) is 27.6 cm³/mol. The summed E-state index contributed by atoms with van der Waals surface area (Å²) in [4.78, 5) is 9.84. The minimum absolute atomic E-state index is 0.539. The van der Waals surface area contributed by atoms with Crippen molar-refractivity contribution in [3.05, 3.63) is 5.57 Å². The first-order valence-corrected chi connectivity index (χ1v) is 2.58. The van der Waals surface area contributed by atoms with Gasteiger partial charge >= 0.3 is 0 Å². The van der Waals surface area contributed by atoms with Crippen molar-refractivity contribution < 1.29 is 4.79 Å². The normalized spacial score (nSPS) is 28.7. The van der Waals surface area contributed by atoms with E-state index in [1.807, 2.05) is 5.94 Å². The molecule has 1 nitrogen and oxygen atoms in total. The molecule has 0 N–H and O–H groups in total. The van der Waals surface area contributed by atoms with Crippen LogP contribution in [0.2, 0.25) is 0 Å². The molecule has 0 aromatic rings. The summed E-state index contributed by atoms with van der Waals surface area (Å²) >= 11 is 0. The van der Waals surface area contributed by atoms with Crippen LogP contribution in [0.25, 0.3) is 0 Å². The molecule has 1 rings (SSSR count). The molecular weight excluding hydrogens is 88.1 g/mol. The van der Waals surface area contributed by atoms with E-state index in [2.05, 4.69) is 6.92 Å². The van der Waals surface area contributed by atoms with Gasteiger partial charge in [0.15, 0.2) is 0 Å². The second-order valence-corrected chi connectivity index (χ2v) is 2.07. The van der Waals surface area contributed by atoms with Crippen LogP contribution < -0.4 is 0 Å². The van der Waals surface area contributed by atoms with Crippen LogP contribution in [-0.2, 0) is 4.79 Å². The van der Waals surface area contributed by atoms with Crippen molar-refractivity contribution in [1.29, 1.82) is 0 Å². The summed E-state index contributed by atoms with van der Waals surface area (Å²) in [5, 5.41) is 0. The van der Waals surface area contributed by atoms with E-state index in [1.165, 1.54) is 6.42 Å². The summed E-state index contributed by atoms with van der Waals surface area (Å²) in [5.74, 6) is 2.46. The monoisotopic (exact) mass is 96.1 g/mol. The largest absolute Gasteiger partial charge is 0.234 e. The molecule has 0 aromatic carbocycles. The van der Waals surface area contributed by atoms with Gasteiger partial charge in [-0.15, -0.1) is 0 Å². The molecule has 0 spiro atoms. The van der Waals surface area contributed by atoms with E-state index < -0.39 is 0 Å². The van der Waals surface area contributed by atoms with Crippen LogP contribution in [0, 0.1) is 5.92 Å². The maximum atomic E-state index is 9.84. The first-order valence-electron chi connectivity index (χ1n) is 2.58. The average molecular weight is 96.1 g/mol. The molecular formula is C6H8O. The Morgan fingerprint density at radius 3 is 2.57 bits per heavy atom. The number of hydrogen-bond donors (Lipinski definition) is 0. The molecule has 1 atom stereocenters. The van der Waals surface area contributed by atoms with Crippen LogP contribution in [0.4, 0.5) is 0 Å². The average Bonchev–Trinajstić information content (AvgIpc) is 1.65. The van der Waals surface area contributed by atoms with Crippen molar-refractivity contribution in [1.82, 2.24) is 0 Å². The van der Waals surface area contributed by atoms with Gasteiger partial charge in [0, 0.05) is 5.57 Å². The molecule has 1 aliphatic rings. The highest BCUT2D eigenvalue weighted by molar-refractivity contribution is 5.55. The zero-order valence-corrected chi connectivity index (χ0v) is 4.40. The summed E-state index contributed by atoms with van der Waals surface area (Å²) in [6, 6.07) is 0. The topological polar surface area (TPSA) is 17.1 Å². The Kier molecular flexibility index (Phi) is 0.994. The highest BCUT2D eigenvalue weighted by Gasteiger charge is 2.19. The van der Waals surface area contributed by atoms with E-state index in [9.17, 15) is 4.79 Å². The first-order chi connectivity index (χ1) is 3.34. The predicted octanol–water partition coefficient (Wildman–Crippen LogP) is 1.17. The SMILES string of the molecule is CC1CCC1=C=O. The third-order valence-electron chi connectivity index (χ3n) is 1.57. The van der Waals surface area contributed by atoms with Crippen LogP contribution in [0.5, 0.6) is 0 Å². The molecule has 0 amide bonds. The lowest BCUT2D eigenvalue weighted by molar-refractivity contribution is 0.477. The van der Waals surface area contributed by atoms with Gasteiger partial charge in [0.25, 0.3) is 0 Å². The second kappa shape index (κ2) is 1.51. The fourth-order valence-corrected chi connectivity index (χ4v) is 0.729. The smallest absolute Gasteiger partial charge is 0.123 e. The summed E-state index contributed by atoms with van der Waals surface area (Å²) < 4.78 is 0. The molecule has 7 heavy (non-hydrogen) atoms. The number of allylic oxidation sites excluding steroid dienone is 1. The Morgan fingerprint density at radius 2 is 2.57 bits per heavy atom. The van der Waals surface area contributed by atoms with Gasteiger partial charge in [-0.1, -0.05) is 6.92 Å². The lowest BCUT2D eigenvalue weighted by atomic mass is 9.82. The Bertz CT molecular complexity index is 120. The van der Waals surface area contributed by atoms with Crippen molar-refractivity contribution in [2.75, 3.05) is 0 Å². The van der Waals surface area contributed by atoms with Gasteiger partial charge < -0.3 is 0 Å². The standard InChI is InChI=1S/C6H8O/c1-5-2-3-6(5)4-7/h5H,2-3H2,1H3. The Balaban J connectivity index is 2.60. The van der Waals surface area contributed by atoms with Crippen LogP contribution in [0.1, 0.15) is 19.8 Å². The summed E-state index contributed by atoms with van der Waals surface area (Å²) in [5.41, 5.74) is 0.972. The quantitative estimate of drug-likeness (QED) is 0.414. The molecule has 1 unspecified atom stereocenters. The maximum absolute atomic E-state index is 9.84. The highest BCUT2D eigenvalue weighted by atomic mass is 16.1. The molecule has 0 aromatic heterocycles. The number of hydrogen-bond acceptors (Lipinski definition) is 1. The van der Waals surface area contributed by atoms with Crippen molar-refractivity contribution in [3.63, 3.8) is 0 Å². The fraction of sp³-hybridized carbons (Fsp3) is 0.667. The van der Waals surface area contributed by atoms with Crippen molar-refractivity contribution in [3.8, 4) is 0 Å². The fourth-order valence-electron chi connectivity index (χ4n) is 0.729. The molecule has 0 heterocycles. The second-order valence-electron chi connectivity index (χ2n) is 2.07. The van der Waals surface area contributed by atoms with Gasteiger partial charge in [-0.3, -0.25) is 0 Å². The van der Waals surface area contributed by atoms with E-state index >= 15 is 0 Å². The van der Waals surface area contributed by atoms with Crippen LogP contribution in [0.15, 0.2) is 5.57 Å². The zero-order chi connectivity index (χ0) is 5.28. The molecule has 1 saturated carbocycles. The molecule has 0 saturated heterocycles. The summed E-state index contributed by atoms with van der Waals surface area (Å²) in [6.45, 7) is 2.06. The van der Waals surface area contributed by atoms with Gasteiger partial charge in [0.05, 0.1) is 0 Å². The molecule has 1 aliphatic carbocycles. The maximum Gasteiger partial charge on any atom is 0.123 e. The lowest BCUT2D eigenvalue weighted by Crippen LogP contribution is -2.11. The van der Waals surface area contributed by atoms with E-state index in [4.69, 9.17) is 0 Å². The molecule has 38 valence electrons. The van der Waals surface area contributed by atoms with E-state index in [1.54, 1.807) is 0 Å². The van der Waals surface area contributed by atoms with Crippen LogP contribution >= 0.6 is 0 Å². The van der Waals surface area contributed by atoms with E-state index in [0.29, 0.717) is 5.92 Å². The lowest BCUT2D eigenvalue weighted by Gasteiger charge is -2.21. The van der Waals surface area contributed by atoms with Crippen molar-refractivity contribution >= 4 is 5.94 Å². The Hall–Kier alpha value is -0.550. The first kappa shape index (κ1) is 4.61. The van der Waals surface area contributed by atoms with Gasteiger partial charge in [-0.05, 0) is 18.8 Å². The van der Waals surface area contributed by atoms with Gasteiger partial charge in [-0.25, -0.2) is 4.79 Å². The molecule has 0 bridgehead atoms. The Labute approximate surface area is 43.0 Å². The van der Waals surface area contributed by atoms with Gasteiger partial charge in [-0.2, -0.15) is 0 Å². The third-order valence-corrected chi connectivity index (χ3v) is 1.57. The summed E-state index contributed by atoms with van der Waals surface area (Å²) in [7, 11) is 0. The zero-order valence-electron chi connectivity index (χ0n) is 4.40. The van der Waals surface area contributed by atoms with Crippen molar-refractivity contribution in [2.24, 2.45) is 5.92 Å². The van der Waals surface area contributed by atoms with Gasteiger partial charge in [0.1, 0.15) is 5.94 Å². The molecule has 0 radical (unpaired) electrons. The molecule has 1 heteroatoms. The third kappa shape index (κ3) is 0.594. The van der Waals surface area contributed by atoms with Crippen molar-refractivity contribution in [2.45, 2.75) is 19.8 Å². The number of carbonyl (C=O) groups excluding carboxylic acids is 1. The highest BCUT2D eigenvalue weighted by Crippen LogP contribution is 2.29. The van der Waals surface area contributed by atoms with E-state index in [0.717, 1.165) is 12.0 Å². The molecule has 0 aliphatic heterocycles. The molecule has 1 fully saturated rings. The minimum atomic E-state index is 0.539. The van der Waals surface area contributed by atoms with Gasteiger partial charge in [0.2, 0.25) is 0 Å². The number of rotatable bonds is 0. The van der Waals surface area contributed by atoms with Crippen LogP contribution in [-0.4, -0.2) is 5.94 Å². The van der Waals surface area contributed by atoms with Crippen LogP contribution in [0.3, 0.4) is 0 Å². The van der Waals surface area contributed by atoms with E-state index in [-0.39, 0.29) is 0 Å². The minimum Gasteiger partial charge on any atom is -0.234 e. The Morgan fingerprint density at radius 1 is 1.86 bits per heavy atom. The summed E-state index contributed by atoms with van der Waals surface area (Å²) in [6.07, 6.45) is 2.18.